The van der Waals surface area contributed by atoms with Gasteiger partial charge in [0.15, 0.2) is 0 Å². The van der Waals surface area contributed by atoms with Crippen molar-refractivity contribution in [3.63, 3.8) is 0 Å². The minimum absolute atomic E-state index is 0.347. The van der Waals surface area contributed by atoms with Crippen LogP contribution in [0.5, 0.6) is 0 Å². The average Bonchev–Trinajstić information content (AvgIpc) is 2.80. The van der Waals surface area contributed by atoms with E-state index in [1.807, 2.05) is 37.1 Å². The number of aryl methyl sites for hydroxylation is 1. The van der Waals surface area contributed by atoms with E-state index in [9.17, 15) is 4.79 Å². The van der Waals surface area contributed by atoms with Gasteiger partial charge in [0.1, 0.15) is 10.9 Å². The Labute approximate surface area is 121 Å². The normalized spacial score (nSPS) is 10.1. The molecular weight excluding hydrogens is 272 g/mol. The van der Waals surface area contributed by atoms with Gasteiger partial charge in [0.05, 0.1) is 11.3 Å². The van der Waals surface area contributed by atoms with E-state index in [1.54, 1.807) is 12.1 Å². The van der Waals surface area contributed by atoms with Gasteiger partial charge in [-0.3, -0.25) is 0 Å². The van der Waals surface area contributed by atoms with Crippen molar-refractivity contribution in [2.45, 2.75) is 13.5 Å². The largest absolute Gasteiger partial charge is 0.477 e. The van der Waals surface area contributed by atoms with Crippen LogP contribution >= 0.6 is 11.3 Å². The predicted molar refractivity (Wildman–Crippen MR) is 79.3 cm³/mol. The topological polar surface area (TPSA) is 64.3 Å². The van der Waals surface area contributed by atoms with Crippen molar-refractivity contribution >= 4 is 23.0 Å². The van der Waals surface area contributed by atoms with Gasteiger partial charge in [-0.25, -0.2) is 4.79 Å². The summed E-state index contributed by atoms with van der Waals surface area (Å²) in [4.78, 5) is 14.3. The highest BCUT2D eigenvalue weighted by Gasteiger charge is 2.14. The Morgan fingerprint density at radius 2 is 2.15 bits per heavy atom. The van der Waals surface area contributed by atoms with Crippen LogP contribution < -0.4 is 4.90 Å². The molecule has 0 aliphatic rings. The molecule has 1 aromatic carbocycles. The maximum atomic E-state index is 11.0. The van der Waals surface area contributed by atoms with Gasteiger partial charge in [0, 0.05) is 18.5 Å². The summed E-state index contributed by atoms with van der Waals surface area (Å²) < 4.78 is 0. The number of carbonyl (C=O) groups is 1. The molecule has 1 N–H and O–H groups in total. The summed E-state index contributed by atoms with van der Waals surface area (Å²) in [6.45, 7) is 2.49. The maximum absolute atomic E-state index is 11.0. The Hall–Kier alpha value is -2.32. The van der Waals surface area contributed by atoms with Crippen molar-refractivity contribution in [3.8, 4) is 6.07 Å². The van der Waals surface area contributed by atoms with Crippen LogP contribution in [0.1, 0.15) is 25.7 Å². The van der Waals surface area contributed by atoms with E-state index < -0.39 is 5.97 Å². The second-order valence-corrected chi connectivity index (χ2v) is 5.74. The van der Waals surface area contributed by atoms with Crippen molar-refractivity contribution in [1.82, 2.24) is 0 Å². The summed E-state index contributed by atoms with van der Waals surface area (Å²) >= 11 is 1.28. The van der Waals surface area contributed by atoms with Crippen LogP contribution in [0.3, 0.4) is 0 Å². The molecule has 5 heteroatoms. The number of aromatic carboxylic acids is 1. The first-order chi connectivity index (χ1) is 9.52. The quantitative estimate of drug-likeness (QED) is 0.937. The number of benzene rings is 1. The average molecular weight is 286 g/mol. The van der Waals surface area contributed by atoms with E-state index in [4.69, 9.17) is 10.4 Å². The fraction of sp³-hybridized carbons (Fsp3) is 0.200. The van der Waals surface area contributed by atoms with Crippen LogP contribution in [-0.4, -0.2) is 18.1 Å². The number of nitriles is 1. The Balaban J connectivity index is 2.26. The Bertz CT molecular complexity index is 685. The molecule has 0 fully saturated rings. The number of hydrogen-bond acceptors (Lipinski definition) is 4. The summed E-state index contributed by atoms with van der Waals surface area (Å²) in [6, 6.07) is 11.2. The molecule has 0 amide bonds. The van der Waals surface area contributed by atoms with E-state index in [0.29, 0.717) is 17.0 Å². The van der Waals surface area contributed by atoms with Crippen molar-refractivity contribution in [2.24, 2.45) is 0 Å². The standard InChI is InChI=1S/C15H14N2O2S/c1-10-12(7-14(20-10)15(18)19)9-17(2)13-6-4-3-5-11(13)8-16/h3-7H,9H2,1-2H3,(H,18,19). The molecule has 0 saturated carbocycles. The molecule has 20 heavy (non-hydrogen) atoms. The number of nitrogens with zero attached hydrogens (tertiary/aromatic N) is 2. The van der Waals surface area contributed by atoms with Gasteiger partial charge in [0.2, 0.25) is 0 Å². The highest BCUT2D eigenvalue weighted by molar-refractivity contribution is 7.14. The molecule has 0 atom stereocenters. The highest BCUT2D eigenvalue weighted by atomic mass is 32.1. The molecule has 2 rings (SSSR count). The van der Waals surface area contributed by atoms with Gasteiger partial charge in [-0.2, -0.15) is 5.26 Å². The zero-order chi connectivity index (χ0) is 14.7. The molecule has 0 spiro atoms. The van der Waals surface area contributed by atoms with Gasteiger partial charge in [-0.1, -0.05) is 12.1 Å². The first-order valence-corrected chi connectivity index (χ1v) is 6.87. The predicted octanol–water partition coefficient (Wildman–Crippen LogP) is 3.26. The first kappa shape index (κ1) is 14.1. The first-order valence-electron chi connectivity index (χ1n) is 6.05. The zero-order valence-electron chi connectivity index (χ0n) is 11.3. The third-order valence-corrected chi connectivity index (χ3v) is 4.16. The summed E-state index contributed by atoms with van der Waals surface area (Å²) in [5.74, 6) is -0.899. The van der Waals surface area contributed by atoms with E-state index >= 15 is 0 Å². The molecule has 0 bridgehead atoms. The lowest BCUT2D eigenvalue weighted by Crippen LogP contribution is -2.17. The monoisotopic (exact) mass is 286 g/mol. The summed E-state index contributed by atoms with van der Waals surface area (Å²) in [5, 5.41) is 18.1. The smallest absolute Gasteiger partial charge is 0.345 e. The van der Waals surface area contributed by atoms with Crippen molar-refractivity contribution in [3.05, 3.63) is 51.2 Å². The minimum atomic E-state index is -0.899. The lowest BCUT2D eigenvalue weighted by Gasteiger charge is -2.20. The number of rotatable bonds is 4. The third kappa shape index (κ3) is 2.81. The van der Waals surface area contributed by atoms with Gasteiger partial charge < -0.3 is 10.0 Å². The van der Waals surface area contributed by atoms with E-state index in [0.717, 1.165) is 16.1 Å². The summed E-state index contributed by atoms with van der Waals surface area (Å²) in [5.41, 5.74) is 2.43. The molecule has 4 nitrogen and oxygen atoms in total. The Morgan fingerprint density at radius 1 is 1.45 bits per heavy atom. The van der Waals surface area contributed by atoms with E-state index in [2.05, 4.69) is 6.07 Å². The molecule has 0 saturated heterocycles. The van der Waals surface area contributed by atoms with Crippen LogP contribution in [0.4, 0.5) is 5.69 Å². The summed E-state index contributed by atoms with van der Waals surface area (Å²) in [6.07, 6.45) is 0. The fourth-order valence-electron chi connectivity index (χ4n) is 2.02. The van der Waals surface area contributed by atoms with E-state index in [-0.39, 0.29) is 0 Å². The second kappa shape index (κ2) is 5.76. The number of hydrogen-bond donors (Lipinski definition) is 1. The number of para-hydroxylation sites is 1. The van der Waals surface area contributed by atoms with Crippen molar-refractivity contribution in [1.29, 1.82) is 5.26 Å². The van der Waals surface area contributed by atoms with Crippen LogP contribution in [0, 0.1) is 18.3 Å². The molecule has 1 aromatic heterocycles. The SMILES string of the molecule is Cc1sc(C(=O)O)cc1CN(C)c1ccccc1C#N. The molecule has 0 unspecified atom stereocenters. The number of anilines is 1. The van der Waals surface area contributed by atoms with Crippen LogP contribution in [0.25, 0.3) is 0 Å². The fourth-order valence-corrected chi connectivity index (χ4v) is 2.90. The summed E-state index contributed by atoms with van der Waals surface area (Å²) in [7, 11) is 1.90. The van der Waals surface area contributed by atoms with Crippen molar-refractivity contribution < 1.29 is 9.90 Å². The van der Waals surface area contributed by atoms with Crippen LogP contribution in [-0.2, 0) is 6.54 Å². The highest BCUT2D eigenvalue weighted by Crippen LogP contribution is 2.26. The van der Waals surface area contributed by atoms with Gasteiger partial charge in [-0.05, 0) is 30.7 Å². The lowest BCUT2D eigenvalue weighted by molar-refractivity contribution is 0.0702. The van der Waals surface area contributed by atoms with Gasteiger partial charge >= 0.3 is 5.97 Å². The number of carboxylic acids is 1. The zero-order valence-corrected chi connectivity index (χ0v) is 12.1. The van der Waals surface area contributed by atoms with Crippen molar-refractivity contribution in [2.75, 3.05) is 11.9 Å². The maximum Gasteiger partial charge on any atom is 0.345 e. The molecule has 102 valence electrons. The van der Waals surface area contributed by atoms with E-state index in [1.165, 1.54) is 11.3 Å². The number of thiophene rings is 1. The van der Waals surface area contributed by atoms with Gasteiger partial charge in [-0.15, -0.1) is 11.3 Å². The third-order valence-electron chi connectivity index (χ3n) is 3.07. The van der Waals surface area contributed by atoms with Crippen LogP contribution in [0.15, 0.2) is 30.3 Å². The lowest BCUT2D eigenvalue weighted by atomic mass is 10.1. The Morgan fingerprint density at radius 3 is 2.75 bits per heavy atom. The molecule has 0 radical (unpaired) electrons. The molecular formula is C15H14N2O2S. The molecule has 1 heterocycles. The molecule has 2 aromatic rings. The second-order valence-electron chi connectivity index (χ2n) is 4.48. The minimum Gasteiger partial charge on any atom is -0.477 e. The number of carboxylic acid groups (broad SMARTS) is 1. The molecule has 0 aliphatic carbocycles. The van der Waals surface area contributed by atoms with Gasteiger partial charge in [0.25, 0.3) is 0 Å². The molecule has 0 aliphatic heterocycles. The Kier molecular flexibility index (Phi) is 4.06. The van der Waals surface area contributed by atoms with Crippen LogP contribution in [0.2, 0.25) is 0 Å².